The van der Waals surface area contributed by atoms with Gasteiger partial charge >= 0.3 is 19.8 Å². The van der Waals surface area contributed by atoms with Crippen LogP contribution in [0.3, 0.4) is 0 Å². The van der Waals surface area contributed by atoms with Gasteiger partial charge in [-0.1, -0.05) is 277 Å². The SMILES string of the molecule is CC/C=C\C/C=C\C/C=C\C/C=C\C/C=C\C/C=C\C/C=C\C/C=C\C/C=C\C/C=C\C/C=C\CCCCCCCC(=O)OC(COC(=O)CCCCCC/C=C\C/C=C\C/C=C\C/C=C\C/C=C\C/C=C\C/C=C\C/C=C\CC)COP(=O)(O)OCCN. The van der Waals surface area contributed by atoms with Gasteiger partial charge in [0.15, 0.2) is 6.10 Å². The highest BCUT2D eigenvalue weighted by atomic mass is 31.2. The second kappa shape index (κ2) is 71.1. The molecule has 2 unspecified atom stereocenters. The second-order valence-electron chi connectivity index (χ2n) is 21.2. The molecular weight excluding hydrogens is 1120 g/mol. The van der Waals surface area contributed by atoms with E-state index < -0.39 is 32.5 Å². The molecule has 2 atom stereocenters. The first-order valence-corrected chi connectivity index (χ1v) is 35.4. The number of hydrogen-bond donors (Lipinski definition) is 2. The Morgan fingerprint density at radius 3 is 0.865 bits per heavy atom. The first-order chi connectivity index (χ1) is 43.8. The van der Waals surface area contributed by atoms with Crippen LogP contribution < -0.4 is 5.73 Å². The molecule has 0 saturated carbocycles. The number of nitrogens with two attached hydrogens (primary N) is 1. The van der Waals surface area contributed by atoms with Gasteiger partial charge < -0.3 is 20.1 Å². The normalized spacial score (nSPS) is 14.4. The van der Waals surface area contributed by atoms with Gasteiger partial charge in [-0.05, 0) is 161 Å². The van der Waals surface area contributed by atoms with Crippen LogP contribution in [0.5, 0.6) is 0 Å². The van der Waals surface area contributed by atoms with E-state index in [0.29, 0.717) is 12.8 Å². The number of phosphoric ester groups is 1. The van der Waals surface area contributed by atoms with E-state index in [4.69, 9.17) is 24.3 Å². The number of ether oxygens (including phenoxy) is 2. The van der Waals surface area contributed by atoms with E-state index in [0.717, 1.165) is 180 Å². The molecule has 0 aliphatic heterocycles. The van der Waals surface area contributed by atoms with Crippen molar-refractivity contribution in [1.82, 2.24) is 0 Å². The Hall–Kier alpha value is -5.93. The number of phosphoric acid groups is 1. The minimum absolute atomic E-state index is 0.0325. The number of unbranched alkanes of at least 4 members (excludes halogenated alkanes) is 9. The van der Waals surface area contributed by atoms with E-state index in [2.05, 4.69) is 245 Å². The van der Waals surface area contributed by atoms with Crippen molar-refractivity contribution in [3.05, 3.63) is 231 Å². The molecule has 494 valence electrons. The van der Waals surface area contributed by atoms with E-state index >= 15 is 0 Å². The molecule has 0 aliphatic rings. The summed E-state index contributed by atoms with van der Waals surface area (Å²) < 4.78 is 33.1. The molecule has 0 fully saturated rings. The molecule has 3 N–H and O–H groups in total. The molecule has 89 heavy (non-hydrogen) atoms. The third kappa shape index (κ3) is 71.0. The second-order valence-corrected chi connectivity index (χ2v) is 22.7. The van der Waals surface area contributed by atoms with Crippen molar-refractivity contribution in [3.63, 3.8) is 0 Å². The summed E-state index contributed by atoms with van der Waals surface area (Å²) in [5, 5.41) is 0. The first-order valence-electron chi connectivity index (χ1n) is 33.9. The van der Waals surface area contributed by atoms with Gasteiger partial charge in [0.05, 0.1) is 13.2 Å². The fourth-order valence-corrected chi connectivity index (χ4v) is 8.89. The fraction of sp³-hybridized carbons (Fsp3) is 0.494. The van der Waals surface area contributed by atoms with Gasteiger partial charge in [0.1, 0.15) is 6.61 Å². The minimum atomic E-state index is -4.42. The average molecular weight is 1240 g/mol. The zero-order valence-corrected chi connectivity index (χ0v) is 56.2. The molecule has 0 aromatic carbocycles. The smallest absolute Gasteiger partial charge is 0.462 e. The Bertz CT molecular complexity index is 2310. The zero-order chi connectivity index (χ0) is 64.4. The number of carbonyl (C=O) groups excluding carboxylic acids is 2. The molecule has 9 nitrogen and oxygen atoms in total. The largest absolute Gasteiger partial charge is 0.472 e. The van der Waals surface area contributed by atoms with Gasteiger partial charge in [0.25, 0.3) is 0 Å². The first kappa shape index (κ1) is 83.1. The van der Waals surface area contributed by atoms with Gasteiger partial charge in [-0.25, -0.2) is 4.57 Å². The number of hydrogen-bond acceptors (Lipinski definition) is 8. The molecular formula is C79H120NO8P. The molecule has 0 bridgehead atoms. The summed E-state index contributed by atoms with van der Waals surface area (Å²) in [7, 11) is -4.42. The Morgan fingerprint density at radius 2 is 0.584 bits per heavy atom. The molecule has 0 saturated heterocycles. The van der Waals surface area contributed by atoms with Crippen LogP contribution in [0.4, 0.5) is 0 Å². The number of allylic oxidation sites excluding steroid dienone is 38. The highest BCUT2D eigenvalue weighted by Gasteiger charge is 2.26. The maximum atomic E-state index is 12.8. The lowest BCUT2D eigenvalue weighted by molar-refractivity contribution is -0.161. The van der Waals surface area contributed by atoms with Crippen molar-refractivity contribution in [2.75, 3.05) is 26.4 Å². The van der Waals surface area contributed by atoms with Crippen LogP contribution in [0.15, 0.2) is 231 Å². The predicted molar refractivity (Wildman–Crippen MR) is 384 cm³/mol. The molecule has 0 heterocycles. The minimum Gasteiger partial charge on any atom is -0.462 e. The van der Waals surface area contributed by atoms with Crippen molar-refractivity contribution in [3.8, 4) is 0 Å². The lowest BCUT2D eigenvalue weighted by atomic mass is 10.1. The summed E-state index contributed by atoms with van der Waals surface area (Å²) in [6, 6.07) is 0. The number of carbonyl (C=O) groups is 2. The van der Waals surface area contributed by atoms with Crippen molar-refractivity contribution < 1.29 is 37.6 Å². The van der Waals surface area contributed by atoms with Gasteiger partial charge in [0.2, 0.25) is 0 Å². The molecule has 0 amide bonds. The zero-order valence-electron chi connectivity index (χ0n) is 55.3. The lowest BCUT2D eigenvalue weighted by Crippen LogP contribution is -2.29. The van der Waals surface area contributed by atoms with Crippen LogP contribution in [-0.4, -0.2) is 49.3 Å². The molecule has 0 rings (SSSR count). The fourth-order valence-electron chi connectivity index (χ4n) is 8.12. The van der Waals surface area contributed by atoms with Crippen molar-refractivity contribution in [2.45, 2.75) is 225 Å². The van der Waals surface area contributed by atoms with Gasteiger partial charge in [-0.15, -0.1) is 0 Å². The topological polar surface area (TPSA) is 134 Å². The number of rotatable bonds is 60. The Morgan fingerprint density at radius 1 is 0.337 bits per heavy atom. The van der Waals surface area contributed by atoms with Crippen LogP contribution in [-0.2, 0) is 32.7 Å². The Balaban J connectivity index is 4.12. The van der Waals surface area contributed by atoms with E-state index in [1.807, 2.05) is 0 Å². The third-order valence-corrected chi connectivity index (χ3v) is 14.0. The Labute approximate surface area is 543 Å². The molecule has 0 spiro atoms. The van der Waals surface area contributed by atoms with Gasteiger partial charge in [-0.3, -0.25) is 18.6 Å². The third-order valence-electron chi connectivity index (χ3n) is 13.0. The van der Waals surface area contributed by atoms with Gasteiger partial charge in [-0.2, -0.15) is 0 Å². The van der Waals surface area contributed by atoms with Crippen LogP contribution >= 0.6 is 7.82 Å². The average Bonchev–Trinajstić information content (AvgIpc) is 3.68. The summed E-state index contributed by atoms with van der Waals surface area (Å²) in [5.41, 5.74) is 5.39. The standard InChI is InChI=1S/C79H120NO8P/c1-3-5-7-9-11-13-15-17-19-21-23-25-27-29-31-33-34-35-36-37-38-39-40-41-42-44-46-48-50-52-54-56-58-60-62-64-66-68-70-72-79(82)88-77(76-87-89(83,84)86-74-73-80)75-85-78(81)71-69-67-65-63-61-59-57-55-53-51-49-47-45-43-32-30-28-26-24-22-20-18-16-14-12-10-8-6-4-2/h5-8,11-14,17-20,23-26,29-32,34-35,37-38,40-41,44-47,50-53,56-59,77H,3-4,9-10,15-16,21-22,27-28,33,36,39,42-43,48-49,54-55,60-76,80H2,1-2H3,(H,83,84)/b7-5-,8-6-,13-11-,14-12-,19-17-,20-18-,25-23-,26-24-,31-29-,32-30-,35-34-,38-37-,41-40-,46-44-,47-45-,52-50-,53-51-,58-56-,59-57-. The summed E-state index contributed by atoms with van der Waals surface area (Å²) in [6.45, 7) is 3.42. The molecule has 0 aromatic rings. The molecule has 0 radical (unpaired) electrons. The van der Waals surface area contributed by atoms with Crippen molar-refractivity contribution >= 4 is 19.8 Å². The lowest BCUT2D eigenvalue weighted by Gasteiger charge is -2.19. The monoisotopic (exact) mass is 1240 g/mol. The summed E-state index contributed by atoms with van der Waals surface area (Å²) >= 11 is 0. The van der Waals surface area contributed by atoms with Crippen LogP contribution in [0, 0.1) is 0 Å². The van der Waals surface area contributed by atoms with Gasteiger partial charge in [0, 0.05) is 19.4 Å². The highest BCUT2D eigenvalue weighted by Crippen LogP contribution is 2.43. The summed E-state index contributed by atoms with van der Waals surface area (Å²) in [6.07, 6.45) is 113. The van der Waals surface area contributed by atoms with Crippen LogP contribution in [0.1, 0.15) is 219 Å². The molecule has 0 aliphatic carbocycles. The van der Waals surface area contributed by atoms with E-state index in [-0.39, 0.29) is 32.6 Å². The van der Waals surface area contributed by atoms with E-state index in [1.54, 1.807) is 0 Å². The van der Waals surface area contributed by atoms with Crippen LogP contribution in [0.2, 0.25) is 0 Å². The predicted octanol–water partition coefficient (Wildman–Crippen LogP) is 22.6. The maximum Gasteiger partial charge on any atom is 0.472 e. The molecule has 10 heteroatoms. The number of esters is 2. The maximum absolute atomic E-state index is 12.8. The summed E-state index contributed by atoms with van der Waals surface area (Å²) in [4.78, 5) is 35.3. The Kier molecular flexibility index (Phi) is 66.4. The van der Waals surface area contributed by atoms with E-state index in [9.17, 15) is 19.0 Å². The highest BCUT2D eigenvalue weighted by molar-refractivity contribution is 7.47. The van der Waals surface area contributed by atoms with Crippen molar-refractivity contribution in [2.24, 2.45) is 5.73 Å². The van der Waals surface area contributed by atoms with E-state index in [1.165, 1.54) is 0 Å². The quantitative estimate of drug-likeness (QED) is 0.0264. The van der Waals surface area contributed by atoms with Crippen LogP contribution in [0.25, 0.3) is 0 Å². The summed E-state index contributed by atoms with van der Waals surface area (Å²) in [5.74, 6) is -0.900. The molecule has 0 aromatic heterocycles. The van der Waals surface area contributed by atoms with Crippen molar-refractivity contribution in [1.29, 1.82) is 0 Å².